The van der Waals surface area contributed by atoms with E-state index in [1.807, 2.05) is 0 Å². The quantitative estimate of drug-likeness (QED) is 0.655. The van der Waals surface area contributed by atoms with E-state index in [-0.39, 0.29) is 5.82 Å². The van der Waals surface area contributed by atoms with Gasteiger partial charge >= 0.3 is 0 Å². The van der Waals surface area contributed by atoms with Crippen LogP contribution in [0, 0.1) is 5.82 Å². The minimum atomic E-state index is -0.209. The van der Waals surface area contributed by atoms with E-state index < -0.39 is 0 Å². The molecule has 14 heavy (non-hydrogen) atoms. The molecule has 1 aromatic carbocycles. The highest BCUT2D eigenvalue weighted by atomic mass is 19.1. The summed E-state index contributed by atoms with van der Waals surface area (Å²) < 4.78 is 12.6. The second-order valence-corrected chi connectivity index (χ2v) is 3.64. The molecule has 1 aliphatic heterocycles. The smallest absolute Gasteiger partial charge is 0.209 e. The summed E-state index contributed by atoms with van der Waals surface area (Å²) in [6, 6.07) is 6.54. The fourth-order valence-corrected chi connectivity index (χ4v) is 1.89. The van der Waals surface area contributed by atoms with Gasteiger partial charge in [0.15, 0.2) is 0 Å². The number of halogens is 1. The van der Waals surface area contributed by atoms with Crippen LogP contribution in [-0.4, -0.2) is 24.4 Å². The van der Waals surface area contributed by atoms with Crippen LogP contribution >= 0.6 is 0 Å². The molecule has 0 unspecified atom stereocenters. The first-order valence-electron chi connectivity index (χ1n) is 4.74. The molecule has 1 amide bonds. The molecule has 1 heterocycles. The Morgan fingerprint density at radius 1 is 1.36 bits per heavy atom. The van der Waals surface area contributed by atoms with Crippen molar-refractivity contribution >= 4 is 6.41 Å². The number of likely N-dealkylation sites (tertiary alicyclic amines) is 1. The molecule has 1 fully saturated rings. The molecular formula is C11H12FNO. The zero-order valence-electron chi connectivity index (χ0n) is 7.82. The van der Waals surface area contributed by atoms with Gasteiger partial charge in [0, 0.05) is 19.0 Å². The number of amides is 1. The van der Waals surface area contributed by atoms with E-state index in [2.05, 4.69) is 0 Å². The average molecular weight is 193 g/mol. The molecule has 0 aliphatic carbocycles. The number of hydrogen-bond acceptors (Lipinski definition) is 1. The van der Waals surface area contributed by atoms with Gasteiger partial charge in [-0.25, -0.2) is 4.39 Å². The van der Waals surface area contributed by atoms with Crippen molar-refractivity contribution in [1.82, 2.24) is 4.90 Å². The van der Waals surface area contributed by atoms with Crippen LogP contribution < -0.4 is 0 Å². The Labute approximate surface area is 82.3 Å². The highest BCUT2D eigenvalue weighted by molar-refractivity contribution is 5.48. The Morgan fingerprint density at radius 2 is 2.07 bits per heavy atom. The van der Waals surface area contributed by atoms with Crippen LogP contribution in [0.15, 0.2) is 24.3 Å². The predicted molar refractivity (Wildman–Crippen MR) is 51.4 cm³/mol. The molecule has 0 aromatic heterocycles. The zero-order valence-corrected chi connectivity index (χ0v) is 7.82. The van der Waals surface area contributed by atoms with E-state index in [9.17, 15) is 9.18 Å². The summed E-state index contributed by atoms with van der Waals surface area (Å²) in [5, 5.41) is 0. The summed E-state index contributed by atoms with van der Waals surface area (Å²) in [5.74, 6) is 0.166. The summed E-state index contributed by atoms with van der Waals surface area (Å²) in [5.41, 5.74) is 1.12. The van der Waals surface area contributed by atoms with Crippen molar-refractivity contribution in [3.05, 3.63) is 35.6 Å². The molecule has 74 valence electrons. The van der Waals surface area contributed by atoms with Crippen molar-refractivity contribution < 1.29 is 9.18 Å². The summed E-state index contributed by atoms with van der Waals surface area (Å²) in [6.45, 7) is 1.57. The van der Waals surface area contributed by atoms with Gasteiger partial charge < -0.3 is 4.90 Å². The monoisotopic (exact) mass is 193 g/mol. The lowest BCUT2D eigenvalue weighted by Crippen LogP contribution is -2.17. The van der Waals surface area contributed by atoms with Crippen LogP contribution in [0.4, 0.5) is 4.39 Å². The zero-order chi connectivity index (χ0) is 9.97. The van der Waals surface area contributed by atoms with Crippen LogP contribution in [0.25, 0.3) is 0 Å². The van der Waals surface area contributed by atoms with Crippen molar-refractivity contribution in [3.63, 3.8) is 0 Å². The average Bonchev–Trinajstić information content (AvgIpc) is 2.67. The van der Waals surface area contributed by atoms with Gasteiger partial charge in [0.25, 0.3) is 0 Å². The highest BCUT2D eigenvalue weighted by Gasteiger charge is 2.22. The third-order valence-electron chi connectivity index (χ3n) is 2.71. The van der Waals surface area contributed by atoms with Crippen molar-refractivity contribution in [1.29, 1.82) is 0 Å². The molecule has 1 atom stereocenters. The number of rotatable bonds is 2. The van der Waals surface area contributed by atoms with Crippen LogP contribution in [0.5, 0.6) is 0 Å². The van der Waals surface area contributed by atoms with Gasteiger partial charge in [-0.1, -0.05) is 12.1 Å². The maximum atomic E-state index is 12.6. The second-order valence-electron chi connectivity index (χ2n) is 3.64. The number of carbonyl (C=O) groups excluding carboxylic acids is 1. The minimum absolute atomic E-state index is 0.209. The van der Waals surface area contributed by atoms with E-state index in [4.69, 9.17) is 0 Å². The Hall–Kier alpha value is -1.38. The number of benzene rings is 1. The van der Waals surface area contributed by atoms with E-state index in [0.717, 1.165) is 31.5 Å². The Morgan fingerprint density at radius 3 is 2.64 bits per heavy atom. The first kappa shape index (κ1) is 9.19. The first-order chi connectivity index (χ1) is 6.79. The molecule has 1 aromatic rings. The van der Waals surface area contributed by atoms with Gasteiger partial charge in [0.05, 0.1) is 0 Å². The maximum Gasteiger partial charge on any atom is 0.209 e. The van der Waals surface area contributed by atoms with Gasteiger partial charge in [-0.2, -0.15) is 0 Å². The molecule has 0 saturated carbocycles. The molecule has 0 N–H and O–H groups in total. The van der Waals surface area contributed by atoms with E-state index in [1.165, 1.54) is 12.1 Å². The standard InChI is InChI=1S/C11H12FNO/c12-11-3-1-9(2-4-11)10-5-6-13(7-10)8-14/h1-4,8,10H,5-7H2/t10-/m0/s1. The molecular weight excluding hydrogens is 181 g/mol. The lowest BCUT2D eigenvalue weighted by molar-refractivity contribution is -0.117. The van der Waals surface area contributed by atoms with Gasteiger partial charge in [-0.3, -0.25) is 4.79 Å². The van der Waals surface area contributed by atoms with Crippen LogP contribution in [0.2, 0.25) is 0 Å². The lowest BCUT2D eigenvalue weighted by atomic mass is 9.99. The van der Waals surface area contributed by atoms with Crippen molar-refractivity contribution in [2.45, 2.75) is 12.3 Å². The largest absolute Gasteiger partial charge is 0.345 e. The van der Waals surface area contributed by atoms with Gasteiger partial charge in [0.1, 0.15) is 5.82 Å². The minimum Gasteiger partial charge on any atom is -0.345 e. The summed E-state index contributed by atoms with van der Waals surface area (Å²) >= 11 is 0. The van der Waals surface area contributed by atoms with Crippen molar-refractivity contribution in [2.24, 2.45) is 0 Å². The third kappa shape index (κ3) is 1.76. The lowest BCUT2D eigenvalue weighted by Gasteiger charge is -2.10. The molecule has 3 heteroatoms. The van der Waals surface area contributed by atoms with Gasteiger partial charge in [-0.15, -0.1) is 0 Å². The Balaban J connectivity index is 2.09. The predicted octanol–water partition coefficient (Wildman–Crippen LogP) is 1.77. The third-order valence-corrected chi connectivity index (χ3v) is 2.71. The Kier molecular flexibility index (Phi) is 2.48. The number of carbonyl (C=O) groups is 1. The van der Waals surface area contributed by atoms with Crippen LogP contribution in [0.3, 0.4) is 0 Å². The molecule has 0 spiro atoms. The molecule has 2 rings (SSSR count). The van der Waals surface area contributed by atoms with E-state index >= 15 is 0 Å². The fourth-order valence-electron chi connectivity index (χ4n) is 1.89. The van der Waals surface area contributed by atoms with Gasteiger partial charge in [-0.05, 0) is 24.1 Å². The normalized spacial score (nSPS) is 21.2. The van der Waals surface area contributed by atoms with E-state index in [0.29, 0.717) is 5.92 Å². The van der Waals surface area contributed by atoms with Gasteiger partial charge in [0.2, 0.25) is 6.41 Å². The SMILES string of the molecule is O=CN1CC[C@H](c2ccc(F)cc2)C1. The molecule has 0 bridgehead atoms. The number of hydrogen-bond donors (Lipinski definition) is 0. The van der Waals surface area contributed by atoms with Crippen molar-refractivity contribution in [3.8, 4) is 0 Å². The summed E-state index contributed by atoms with van der Waals surface area (Å²) in [6.07, 6.45) is 1.86. The molecule has 0 radical (unpaired) electrons. The van der Waals surface area contributed by atoms with E-state index in [1.54, 1.807) is 17.0 Å². The topological polar surface area (TPSA) is 20.3 Å². The summed E-state index contributed by atoms with van der Waals surface area (Å²) in [4.78, 5) is 12.3. The Bertz CT molecular complexity index is 323. The maximum absolute atomic E-state index is 12.6. The molecule has 1 aliphatic rings. The molecule has 2 nitrogen and oxygen atoms in total. The van der Waals surface area contributed by atoms with Crippen LogP contribution in [-0.2, 0) is 4.79 Å². The second kappa shape index (κ2) is 3.78. The number of nitrogens with zero attached hydrogens (tertiary/aromatic N) is 1. The first-order valence-corrected chi connectivity index (χ1v) is 4.74. The highest BCUT2D eigenvalue weighted by Crippen LogP contribution is 2.26. The van der Waals surface area contributed by atoms with Crippen molar-refractivity contribution in [2.75, 3.05) is 13.1 Å². The molecule has 1 saturated heterocycles. The summed E-state index contributed by atoms with van der Waals surface area (Å²) in [7, 11) is 0. The van der Waals surface area contributed by atoms with Crippen LogP contribution in [0.1, 0.15) is 17.9 Å². The fraction of sp³-hybridized carbons (Fsp3) is 0.364.